The SMILES string of the molecule is COc1cc(CCC2(N)CC2)c(Cl)cc1C. The molecule has 0 bridgehead atoms. The first-order valence-corrected chi connectivity index (χ1v) is 6.04. The van der Waals surface area contributed by atoms with Crippen LogP contribution in [0.4, 0.5) is 0 Å². The lowest BCUT2D eigenvalue weighted by Crippen LogP contribution is -2.22. The molecule has 2 rings (SSSR count). The largest absolute Gasteiger partial charge is 0.496 e. The average molecular weight is 240 g/mol. The molecule has 0 amide bonds. The molecule has 1 aliphatic rings. The molecule has 88 valence electrons. The molecule has 0 saturated heterocycles. The van der Waals surface area contributed by atoms with Gasteiger partial charge in [0.2, 0.25) is 0 Å². The fraction of sp³-hybridized carbons (Fsp3) is 0.538. The summed E-state index contributed by atoms with van der Waals surface area (Å²) in [5.41, 5.74) is 8.37. The van der Waals surface area contributed by atoms with Gasteiger partial charge in [-0.1, -0.05) is 11.6 Å². The van der Waals surface area contributed by atoms with E-state index in [0.29, 0.717) is 0 Å². The molecule has 1 aromatic carbocycles. The van der Waals surface area contributed by atoms with Gasteiger partial charge in [0.25, 0.3) is 0 Å². The summed E-state index contributed by atoms with van der Waals surface area (Å²) < 4.78 is 5.30. The second-order valence-corrected chi connectivity index (χ2v) is 5.18. The Hall–Kier alpha value is -0.730. The number of ether oxygens (including phenoxy) is 1. The molecule has 0 heterocycles. The van der Waals surface area contributed by atoms with Crippen LogP contribution in [0.1, 0.15) is 30.4 Å². The third-order valence-corrected chi connectivity index (χ3v) is 3.70. The first-order chi connectivity index (χ1) is 7.54. The predicted molar refractivity (Wildman–Crippen MR) is 67.2 cm³/mol. The van der Waals surface area contributed by atoms with Gasteiger partial charge >= 0.3 is 0 Å². The number of halogens is 1. The Morgan fingerprint density at radius 1 is 1.44 bits per heavy atom. The number of nitrogens with two attached hydrogens (primary N) is 1. The van der Waals surface area contributed by atoms with E-state index in [2.05, 4.69) is 0 Å². The number of hydrogen-bond donors (Lipinski definition) is 1. The summed E-state index contributed by atoms with van der Waals surface area (Å²) in [5, 5.41) is 0.822. The summed E-state index contributed by atoms with van der Waals surface area (Å²) in [6, 6.07) is 4.00. The van der Waals surface area contributed by atoms with Crippen LogP contribution in [0, 0.1) is 6.92 Å². The number of hydrogen-bond acceptors (Lipinski definition) is 2. The quantitative estimate of drug-likeness (QED) is 0.877. The summed E-state index contributed by atoms with van der Waals surface area (Å²) >= 11 is 6.21. The van der Waals surface area contributed by atoms with Gasteiger partial charge in [0.1, 0.15) is 5.75 Å². The van der Waals surface area contributed by atoms with E-state index in [1.165, 1.54) is 0 Å². The Kier molecular flexibility index (Phi) is 3.13. The Morgan fingerprint density at radius 3 is 2.69 bits per heavy atom. The van der Waals surface area contributed by atoms with E-state index < -0.39 is 0 Å². The molecular weight excluding hydrogens is 222 g/mol. The summed E-state index contributed by atoms with van der Waals surface area (Å²) in [4.78, 5) is 0. The molecule has 0 aromatic heterocycles. The fourth-order valence-electron chi connectivity index (χ4n) is 1.90. The Morgan fingerprint density at radius 2 is 2.12 bits per heavy atom. The zero-order chi connectivity index (χ0) is 11.8. The summed E-state index contributed by atoms with van der Waals surface area (Å²) in [5.74, 6) is 0.904. The number of methoxy groups -OCH3 is 1. The van der Waals surface area contributed by atoms with Crippen molar-refractivity contribution in [2.75, 3.05) is 7.11 Å². The van der Waals surface area contributed by atoms with Crippen LogP contribution in [0.25, 0.3) is 0 Å². The molecule has 1 aliphatic carbocycles. The van der Waals surface area contributed by atoms with Crippen LogP contribution in [-0.4, -0.2) is 12.6 Å². The highest BCUT2D eigenvalue weighted by atomic mass is 35.5. The average Bonchev–Trinajstić information content (AvgIpc) is 2.96. The molecule has 0 unspecified atom stereocenters. The highest BCUT2D eigenvalue weighted by molar-refractivity contribution is 6.31. The van der Waals surface area contributed by atoms with Gasteiger partial charge in [-0.05, 0) is 55.9 Å². The van der Waals surface area contributed by atoms with Gasteiger partial charge in [0, 0.05) is 10.6 Å². The minimum atomic E-state index is 0.0848. The molecule has 0 atom stereocenters. The van der Waals surface area contributed by atoms with Crippen LogP contribution >= 0.6 is 11.6 Å². The lowest BCUT2D eigenvalue weighted by atomic mass is 10.0. The summed E-state index contributed by atoms with van der Waals surface area (Å²) in [6.07, 6.45) is 4.24. The Labute approximate surface area is 102 Å². The number of aryl methyl sites for hydroxylation is 2. The van der Waals surface area contributed by atoms with Crippen LogP contribution in [-0.2, 0) is 6.42 Å². The van der Waals surface area contributed by atoms with Crippen LogP contribution in [0.15, 0.2) is 12.1 Å². The van der Waals surface area contributed by atoms with E-state index in [0.717, 1.165) is 47.6 Å². The van der Waals surface area contributed by atoms with Crippen molar-refractivity contribution >= 4 is 11.6 Å². The number of rotatable bonds is 4. The van der Waals surface area contributed by atoms with Crippen LogP contribution in [0.2, 0.25) is 5.02 Å². The zero-order valence-electron chi connectivity index (χ0n) is 9.85. The van der Waals surface area contributed by atoms with E-state index in [1.807, 2.05) is 19.1 Å². The van der Waals surface area contributed by atoms with Gasteiger partial charge in [-0.15, -0.1) is 0 Å². The molecule has 0 spiro atoms. The standard InChI is InChI=1S/C13H18ClNO/c1-9-7-11(14)10(8-12(9)16-2)3-4-13(15)5-6-13/h7-8H,3-6,15H2,1-2H3. The van der Waals surface area contributed by atoms with Crippen molar-refractivity contribution in [3.63, 3.8) is 0 Å². The highest BCUT2D eigenvalue weighted by Gasteiger charge is 2.37. The molecule has 2 N–H and O–H groups in total. The fourth-order valence-corrected chi connectivity index (χ4v) is 2.21. The molecule has 16 heavy (non-hydrogen) atoms. The molecular formula is C13H18ClNO. The predicted octanol–water partition coefficient (Wildman–Crippen LogP) is 3.08. The molecule has 1 aromatic rings. The minimum absolute atomic E-state index is 0.0848. The monoisotopic (exact) mass is 239 g/mol. The van der Waals surface area contributed by atoms with Gasteiger partial charge in [-0.2, -0.15) is 0 Å². The van der Waals surface area contributed by atoms with Crippen molar-refractivity contribution in [1.29, 1.82) is 0 Å². The summed E-state index contributed by atoms with van der Waals surface area (Å²) in [7, 11) is 1.69. The molecule has 0 radical (unpaired) electrons. The maximum atomic E-state index is 6.21. The molecule has 0 aliphatic heterocycles. The topological polar surface area (TPSA) is 35.2 Å². The van der Waals surface area contributed by atoms with Gasteiger partial charge < -0.3 is 10.5 Å². The maximum absolute atomic E-state index is 6.21. The molecule has 1 fully saturated rings. The van der Waals surface area contributed by atoms with Crippen LogP contribution in [0.5, 0.6) is 5.75 Å². The third-order valence-electron chi connectivity index (χ3n) is 3.35. The van der Waals surface area contributed by atoms with Crippen molar-refractivity contribution in [2.45, 2.75) is 38.1 Å². The number of benzene rings is 1. The van der Waals surface area contributed by atoms with E-state index >= 15 is 0 Å². The first-order valence-electron chi connectivity index (χ1n) is 5.66. The highest BCUT2D eigenvalue weighted by Crippen LogP contribution is 2.37. The van der Waals surface area contributed by atoms with Crippen molar-refractivity contribution < 1.29 is 4.74 Å². The molecule has 2 nitrogen and oxygen atoms in total. The van der Waals surface area contributed by atoms with Gasteiger partial charge in [-0.25, -0.2) is 0 Å². The Bertz CT molecular complexity index is 399. The van der Waals surface area contributed by atoms with Crippen molar-refractivity contribution in [3.05, 3.63) is 28.3 Å². The van der Waals surface area contributed by atoms with E-state index in [1.54, 1.807) is 7.11 Å². The summed E-state index contributed by atoms with van der Waals surface area (Å²) in [6.45, 7) is 2.00. The maximum Gasteiger partial charge on any atom is 0.122 e. The Balaban J connectivity index is 2.13. The second-order valence-electron chi connectivity index (χ2n) is 4.78. The van der Waals surface area contributed by atoms with Crippen molar-refractivity contribution in [2.24, 2.45) is 5.73 Å². The first kappa shape index (κ1) is 11.7. The van der Waals surface area contributed by atoms with Crippen LogP contribution < -0.4 is 10.5 Å². The van der Waals surface area contributed by atoms with Gasteiger partial charge in [0.05, 0.1) is 7.11 Å². The normalized spacial score (nSPS) is 17.2. The molecule has 3 heteroatoms. The van der Waals surface area contributed by atoms with Gasteiger partial charge in [0.15, 0.2) is 0 Å². The van der Waals surface area contributed by atoms with Crippen molar-refractivity contribution in [3.8, 4) is 5.75 Å². The van der Waals surface area contributed by atoms with Crippen molar-refractivity contribution in [1.82, 2.24) is 0 Å². The molecule has 1 saturated carbocycles. The van der Waals surface area contributed by atoms with E-state index in [9.17, 15) is 0 Å². The second kappa shape index (κ2) is 4.27. The zero-order valence-corrected chi connectivity index (χ0v) is 10.6. The minimum Gasteiger partial charge on any atom is -0.496 e. The lowest BCUT2D eigenvalue weighted by molar-refractivity contribution is 0.411. The van der Waals surface area contributed by atoms with E-state index in [-0.39, 0.29) is 5.54 Å². The van der Waals surface area contributed by atoms with Crippen LogP contribution in [0.3, 0.4) is 0 Å². The smallest absolute Gasteiger partial charge is 0.122 e. The van der Waals surface area contributed by atoms with Gasteiger partial charge in [-0.3, -0.25) is 0 Å². The lowest BCUT2D eigenvalue weighted by Gasteiger charge is -2.12. The van der Waals surface area contributed by atoms with E-state index in [4.69, 9.17) is 22.1 Å². The third kappa shape index (κ3) is 2.50.